The summed E-state index contributed by atoms with van der Waals surface area (Å²) in [5.41, 5.74) is 10.9. The third kappa shape index (κ3) is 3.22. The largest absolute Gasteiger partial charge is 0.344 e. The summed E-state index contributed by atoms with van der Waals surface area (Å²) in [6.07, 6.45) is 1.06. The molecule has 2 nitrogen and oxygen atoms in total. The summed E-state index contributed by atoms with van der Waals surface area (Å²) in [6, 6.07) is 14.9. The first kappa shape index (κ1) is 15.1. The topological polar surface area (TPSA) is 29.3 Å². The van der Waals surface area contributed by atoms with Crippen LogP contribution in [0.1, 0.15) is 31.0 Å². The molecule has 20 heavy (non-hydrogen) atoms. The lowest BCUT2D eigenvalue weighted by Gasteiger charge is -2.24. The number of aryl methyl sites for hydroxylation is 1. The van der Waals surface area contributed by atoms with Crippen molar-refractivity contribution in [3.63, 3.8) is 0 Å². The number of hydrogen-bond donors (Lipinski definition) is 1. The smallest absolute Gasteiger partial charge is 0.0457 e. The predicted molar refractivity (Wildman–Crippen MR) is 90.6 cm³/mol. The van der Waals surface area contributed by atoms with Crippen molar-refractivity contribution in [3.8, 4) is 0 Å². The van der Waals surface area contributed by atoms with Gasteiger partial charge in [0.25, 0.3) is 0 Å². The van der Waals surface area contributed by atoms with Crippen molar-refractivity contribution < 1.29 is 0 Å². The van der Waals surface area contributed by atoms with Gasteiger partial charge in [0.2, 0.25) is 0 Å². The molecule has 2 aromatic rings. The fourth-order valence-corrected chi connectivity index (χ4v) is 2.67. The van der Waals surface area contributed by atoms with E-state index < -0.39 is 0 Å². The van der Waals surface area contributed by atoms with Crippen molar-refractivity contribution >= 4 is 27.3 Å². The monoisotopic (exact) mass is 332 g/mol. The van der Waals surface area contributed by atoms with E-state index in [1.54, 1.807) is 0 Å². The highest BCUT2D eigenvalue weighted by Gasteiger charge is 2.12. The molecule has 2 N–H and O–H groups in total. The third-order valence-corrected chi connectivity index (χ3v) is 4.07. The molecule has 0 radical (unpaired) electrons. The molecule has 106 valence electrons. The van der Waals surface area contributed by atoms with E-state index in [9.17, 15) is 0 Å². The van der Waals surface area contributed by atoms with Crippen molar-refractivity contribution in [2.75, 3.05) is 11.9 Å². The van der Waals surface area contributed by atoms with Gasteiger partial charge in [-0.05, 0) is 54.8 Å². The molecule has 0 heterocycles. The lowest BCUT2D eigenvalue weighted by atomic mass is 10.1. The molecule has 3 heteroatoms. The van der Waals surface area contributed by atoms with Gasteiger partial charge in [0.15, 0.2) is 0 Å². The van der Waals surface area contributed by atoms with Crippen LogP contribution in [0.3, 0.4) is 0 Å². The van der Waals surface area contributed by atoms with E-state index in [-0.39, 0.29) is 6.04 Å². The highest BCUT2D eigenvalue weighted by molar-refractivity contribution is 9.10. The van der Waals surface area contributed by atoms with Crippen molar-refractivity contribution in [2.45, 2.75) is 26.3 Å². The first-order valence-electron chi connectivity index (χ1n) is 6.90. The van der Waals surface area contributed by atoms with E-state index in [0.29, 0.717) is 0 Å². The molecule has 0 aliphatic rings. The second-order valence-corrected chi connectivity index (χ2v) is 5.99. The molecule has 0 saturated heterocycles. The van der Waals surface area contributed by atoms with Crippen LogP contribution in [0.2, 0.25) is 0 Å². The second-order valence-electron chi connectivity index (χ2n) is 5.07. The second kappa shape index (κ2) is 6.42. The van der Waals surface area contributed by atoms with Crippen LogP contribution in [-0.2, 0) is 6.42 Å². The summed E-state index contributed by atoms with van der Waals surface area (Å²) in [7, 11) is 2.08. The Bertz CT molecular complexity index is 576. The summed E-state index contributed by atoms with van der Waals surface area (Å²) >= 11 is 3.51. The fourth-order valence-electron chi connectivity index (χ4n) is 2.29. The summed E-state index contributed by atoms with van der Waals surface area (Å²) in [5, 5.41) is 0. The molecule has 2 rings (SSSR count). The number of nitrogens with zero attached hydrogens (tertiary/aromatic N) is 1. The Morgan fingerprint density at radius 2 is 1.80 bits per heavy atom. The van der Waals surface area contributed by atoms with E-state index >= 15 is 0 Å². The van der Waals surface area contributed by atoms with Gasteiger partial charge < -0.3 is 10.6 Å². The number of benzene rings is 2. The molecule has 0 saturated carbocycles. The zero-order valence-electron chi connectivity index (χ0n) is 12.2. The number of rotatable bonds is 4. The SMILES string of the molecule is CCc1ccc(N(C)c2ccc(Br)cc2C(C)N)cc1. The van der Waals surface area contributed by atoms with Gasteiger partial charge in [-0.3, -0.25) is 0 Å². The molecule has 0 aliphatic carbocycles. The first-order chi connectivity index (χ1) is 9.52. The Morgan fingerprint density at radius 1 is 1.15 bits per heavy atom. The number of anilines is 2. The minimum Gasteiger partial charge on any atom is -0.344 e. The Morgan fingerprint density at radius 3 is 2.35 bits per heavy atom. The molecule has 0 aliphatic heterocycles. The fraction of sp³-hybridized carbons (Fsp3) is 0.294. The summed E-state index contributed by atoms with van der Waals surface area (Å²) in [4.78, 5) is 2.19. The van der Waals surface area contributed by atoms with Crippen molar-refractivity contribution in [1.82, 2.24) is 0 Å². The summed E-state index contributed by atoms with van der Waals surface area (Å²) in [6.45, 7) is 4.18. The van der Waals surface area contributed by atoms with Crippen LogP contribution in [0.25, 0.3) is 0 Å². The molecule has 0 aromatic heterocycles. The molecule has 2 aromatic carbocycles. The van der Waals surface area contributed by atoms with Crippen molar-refractivity contribution in [1.29, 1.82) is 0 Å². The van der Waals surface area contributed by atoms with Crippen LogP contribution in [0.4, 0.5) is 11.4 Å². The maximum absolute atomic E-state index is 6.10. The van der Waals surface area contributed by atoms with Crippen LogP contribution >= 0.6 is 15.9 Å². The van der Waals surface area contributed by atoms with Gasteiger partial charge >= 0.3 is 0 Å². The highest BCUT2D eigenvalue weighted by Crippen LogP contribution is 2.32. The van der Waals surface area contributed by atoms with Crippen molar-refractivity contribution in [2.24, 2.45) is 5.73 Å². The molecule has 1 atom stereocenters. The molecule has 0 fully saturated rings. The number of halogens is 1. The predicted octanol–water partition coefficient (Wildman–Crippen LogP) is 4.80. The molecule has 0 spiro atoms. The average Bonchev–Trinajstić information content (AvgIpc) is 2.46. The lowest BCUT2D eigenvalue weighted by Crippen LogP contribution is -2.15. The van der Waals surface area contributed by atoms with Crippen LogP contribution in [0, 0.1) is 0 Å². The number of hydrogen-bond acceptors (Lipinski definition) is 2. The molecule has 1 unspecified atom stereocenters. The van der Waals surface area contributed by atoms with Gasteiger partial charge in [-0.25, -0.2) is 0 Å². The van der Waals surface area contributed by atoms with Crippen LogP contribution < -0.4 is 10.6 Å². The van der Waals surface area contributed by atoms with Gasteiger partial charge in [0.05, 0.1) is 0 Å². The van der Waals surface area contributed by atoms with Gasteiger partial charge in [-0.1, -0.05) is 35.0 Å². The van der Waals surface area contributed by atoms with E-state index in [1.165, 1.54) is 11.3 Å². The zero-order chi connectivity index (χ0) is 14.7. The van der Waals surface area contributed by atoms with Gasteiger partial charge in [-0.15, -0.1) is 0 Å². The van der Waals surface area contributed by atoms with E-state index in [0.717, 1.165) is 22.1 Å². The quantitative estimate of drug-likeness (QED) is 0.871. The lowest BCUT2D eigenvalue weighted by molar-refractivity contribution is 0.814. The normalized spacial score (nSPS) is 12.2. The zero-order valence-corrected chi connectivity index (χ0v) is 13.8. The van der Waals surface area contributed by atoms with Crippen molar-refractivity contribution in [3.05, 3.63) is 58.1 Å². The maximum Gasteiger partial charge on any atom is 0.0457 e. The maximum atomic E-state index is 6.10. The average molecular weight is 333 g/mol. The molecule has 0 amide bonds. The van der Waals surface area contributed by atoms with Crippen LogP contribution in [0.15, 0.2) is 46.9 Å². The van der Waals surface area contributed by atoms with Crippen LogP contribution in [0.5, 0.6) is 0 Å². The third-order valence-electron chi connectivity index (χ3n) is 3.57. The Kier molecular flexibility index (Phi) is 4.84. The summed E-state index contributed by atoms with van der Waals surface area (Å²) < 4.78 is 1.06. The minimum atomic E-state index is -0.000125. The Hall–Kier alpha value is -1.32. The molecular weight excluding hydrogens is 312 g/mol. The van der Waals surface area contributed by atoms with Gasteiger partial charge in [-0.2, -0.15) is 0 Å². The van der Waals surface area contributed by atoms with Crippen LogP contribution in [-0.4, -0.2) is 7.05 Å². The number of nitrogens with two attached hydrogens (primary N) is 1. The minimum absolute atomic E-state index is 0.000125. The molecule has 0 bridgehead atoms. The standard InChI is InChI=1S/C17H21BrN2/c1-4-13-5-8-15(9-6-13)20(3)17-10-7-14(18)11-16(17)12(2)19/h5-12H,4,19H2,1-3H3. The Labute approximate surface area is 129 Å². The highest BCUT2D eigenvalue weighted by atomic mass is 79.9. The summed E-state index contributed by atoms with van der Waals surface area (Å²) in [5.74, 6) is 0. The molecular formula is C17H21BrN2. The van der Waals surface area contributed by atoms with E-state index in [1.807, 2.05) is 6.92 Å². The van der Waals surface area contributed by atoms with Gasteiger partial charge in [0, 0.05) is 28.9 Å². The van der Waals surface area contributed by atoms with E-state index in [2.05, 4.69) is 77.3 Å². The van der Waals surface area contributed by atoms with Gasteiger partial charge in [0.1, 0.15) is 0 Å². The Balaban J connectivity index is 2.39. The first-order valence-corrected chi connectivity index (χ1v) is 7.70. The van der Waals surface area contributed by atoms with E-state index in [4.69, 9.17) is 5.73 Å².